The molecule has 0 amide bonds. The van der Waals surface area contributed by atoms with Gasteiger partial charge < -0.3 is 9.26 Å². The third kappa shape index (κ3) is 6.21. The molecular formula is C29H49Cl2O3P. The van der Waals surface area contributed by atoms with Gasteiger partial charge in [-0.25, -0.2) is 0 Å². The molecule has 0 radical (unpaired) electrons. The summed E-state index contributed by atoms with van der Waals surface area (Å²) in [6, 6.07) is 0. The van der Waals surface area contributed by atoms with Crippen LogP contribution in [0.5, 0.6) is 0 Å². The molecule has 0 heterocycles. The van der Waals surface area contributed by atoms with Crippen LogP contribution in [0.3, 0.4) is 0 Å². The third-order valence-electron chi connectivity index (χ3n) is 10.9. The van der Waals surface area contributed by atoms with Crippen LogP contribution in [0, 0.1) is 46.3 Å². The summed E-state index contributed by atoms with van der Waals surface area (Å²) in [5.74, 6) is 5.22. The first-order chi connectivity index (χ1) is 16.4. The quantitative estimate of drug-likeness (QED) is 0.155. The van der Waals surface area contributed by atoms with E-state index in [1.807, 2.05) is 0 Å². The van der Waals surface area contributed by atoms with E-state index in [-0.39, 0.29) is 12.7 Å². The van der Waals surface area contributed by atoms with Crippen LogP contribution in [-0.2, 0) is 13.8 Å². The van der Waals surface area contributed by atoms with Crippen molar-refractivity contribution >= 4 is 28.6 Å². The Morgan fingerprint density at radius 1 is 1.03 bits per heavy atom. The molecule has 0 aromatic rings. The lowest BCUT2D eigenvalue weighted by atomic mass is 9.47. The summed E-state index contributed by atoms with van der Waals surface area (Å²) >= 11 is 10.9. The summed E-state index contributed by atoms with van der Waals surface area (Å²) in [5.41, 5.74) is 2.52. The molecule has 3 saturated carbocycles. The van der Waals surface area contributed by atoms with E-state index in [0.29, 0.717) is 17.4 Å². The predicted octanol–water partition coefficient (Wildman–Crippen LogP) is 10.0. The Morgan fingerprint density at radius 2 is 1.80 bits per heavy atom. The zero-order valence-corrected chi connectivity index (χ0v) is 25.1. The molecule has 4 aliphatic rings. The van der Waals surface area contributed by atoms with Gasteiger partial charge in [0, 0.05) is 0 Å². The molecule has 0 aliphatic heterocycles. The van der Waals surface area contributed by atoms with Gasteiger partial charge in [-0.2, -0.15) is 0 Å². The van der Waals surface area contributed by atoms with Gasteiger partial charge in [-0.15, -0.1) is 0 Å². The smallest absolute Gasteiger partial charge is 0.375 e. The zero-order chi connectivity index (χ0) is 25.4. The minimum absolute atomic E-state index is 0.180. The lowest BCUT2D eigenvalue weighted by Gasteiger charge is -2.58. The molecule has 3 fully saturated rings. The van der Waals surface area contributed by atoms with Crippen molar-refractivity contribution in [3.8, 4) is 0 Å². The summed E-state index contributed by atoms with van der Waals surface area (Å²) in [4.78, 5) is 0. The summed E-state index contributed by atoms with van der Waals surface area (Å²) < 4.78 is 22.4. The zero-order valence-electron chi connectivity index (χ0n) is 22.7. The highest BCUT2D eigenvalue weighted by molar-refractivity contribution is 8.05. The Bertz CT molecular complexity index is 810. The second kappa shape index (κ2) is 11.3. The van der Waals surface area contributed by atoms with Crippen LogP contribution in [-0.4, -0.2) is 19.3 Å². The normalized spacial score (nSPS) is 40.1. The maximum Gasteiger partial charge on any atom is 0.380 e. The van der Waals surface area contributed by atoms with Crippen molar-refractivity contribution in [2.75, 3.05) is 13.2 Å². The molecule has 3 nitrogen and oxygen atoms in total. The van der Waals surface area contributed by atoms with Gasteiger partial charge in [0.25, 0.3) is 0 Å². The molecule has 0 spiro atoms. The average molecular weight is 548 g/mol. The van der Waals surface area contributed by atoms with Crippen molar-refractivity contribution in [1.29, 1.82) is 0 Å². The van der Waals surface area contributed by atoms with Gasteiger partial charge in [0.05, 0.1) is 19.3 Å². The second-order valence-electron chi connectivity index (χ2n) is 13.3. The SMILES string of the molecule is CC(C)CCC[C@@H](C)[C@H]1CCC2C3CC=C4C[C@@H](OCCOP(=O)(Cl)Cl)CC[C@]4(C)C3CC[C@@]21C. The summed E-state index contributed by atoms with van der Waals surface area (Å²) in [5, 5.41) is 0. The van der Waals surface area contributed by atoms with Crippen LogP contribution in [0.2, 0.25) is 0 Å². The number of halogens is 2. The van der Waals surface area contributed by atoms with Gasteiger partial charge in [-0.05, 0) is 120 Å². The second-order valence-corrected chi connectivity index (χ2v) is 17.5. The number of rotatable bonds is 10. The minimum atomic E-state index is -3.47. The molecule has 3 unspecified atom stereocenters. The number of allylic oxidation sites excluding steroid dienone is 1. The van der Waals surface area contributed by atoms with Crippen molar-refractivity contribution in [1.82, 2.24) is 0 Å². The first-order valence-electron chi connectivity index (χ1n) is 14.4. The van der Waals surface area contributed by atoms with Crippen LogP contribution >= 0.6 is 28.6 Å². The Morgan fingerprint density at radius 3 is 2.51 bits per heavy atom. The lowest BCUT2D eigenvalue weighted by Crippen LogP contribution is -2.51. The fourth-order valence-corrected chi connectivity index (χ4v) is 9.85. The maximum absolute atomic E-state index is 11.3. The molecule has 0 N–H and O–H groups in total. The third-order valence-corrected chi connectivity index (χ3v) is 12.0. The highest BCUT2D eigenvalue weighted by atomic mass is 35.9. The van der Waals surface area contributed by atoms with E-state index in [2.05, 4.69) is 40.7 Å². The first-order valence-corrected chi connectivity index (χ1v) is 17.8. The lowest BCUT2D eigenvalue weighted by molar-refractivity contribution is -0.0652. The Balaban J connectivity index is 1.37. The van der Waals surface area contributed by atoms with Gasteiger partial charge in [0.15, 0.2) is 0 Å². The van der Waals surface area contributed by atoms with Crippen molar-refractivity contribution in [2.24, 2.45) is 46.3 Å². The van der Waals surface area contributed by atoms with E-state index in [4.69, 9.17) is 31.7 Å². The van der Waals surface area contributed by atoms with Crippen molar-refractivity contribution in [3.05, 3.63) is 11.6 Å². The van der Waals surface area contributed by atoms with Gasteiger partial charge >= 0.3 is 6.07 Å². The van der Waals surface area contributed by atoms with Gasteiger partial charge in [-0.3, -0.25) is 4.57 Å². The van der Waals surface area contributed by atoms with Gasteiger partial charge in [0.2, 0.25) is 0 Å². The molecule has 0 aromatic heterocycles. The summed E-state index contributed by atoms with van der Waals surface area (Å²) in [6.07, 6.45) is 13.9. The fourth-order valence-electron chi connectivity index (χ4n) is 9.15. The molecule has 0 aromatic carbocycles. The highest BCUT2D eigenvalue weighted by Gasteiger charge is 2.59. The number of ether oxygens (including phenoxy) is 1. The molecule has 4 aliphatic carbocycles. The van der Waals surface area contributed by atoms with Crippen molar-refractivity contribution in [2.45, 2.75) is 111 Å². The van der Waals surface area contributed by atoms with E-state index in [9.17, 15) is 4.57 Å². The summed E-state index contributed by atoms with van der Waals surface area (Å²) in [7, 11) is 0. The molecule has 4 rings (SSSR count). The molecule has 0 bridgehead atoms. The van der Waals surface area contributed by atoms with E-state index in [1.54, 1.807) is 5.57 Å². The molecular weight excluding hydrogens is 498 g/mol. The van der Waals surface area contributed by atoms with Crippen molar-refractivity contribution < 1.29 is 13.8 Å². The van der Waals surface area contributed by atoms with Crippen molar-refractivity contribution in [3.63, 3.8) is 0 Å². The van der Waals surface area contributed by atoms with Crippen LogP contribution in [0.15, 0.2) is 11.6 Å². The van der Waals surface area contributed by atoms with E-state index >= 15 is 0 Å². The number of hydrogen-bond donors (Lipinski definition) is 0. The topological polar surface area (TPSA) is 35.5 Å². The molecule has 202 valence electrons. The van der Waals surface area contributed by atoms with Crippen LogP contribution in [0.4, 0.5) is 0 Å². The predicted molar refractivity (Wildman–Crippen MR) is 148 cm³/mol. The van der Waals surface area contributed by atoms with Crippen LogP contribution < -0.4 is 0 Å². The van der Waals surface area contributed by atoms with Gasteiger partial charge in [0.1, 0.15) is 0 Å². The monoisotopic (exact) mass is 546 g/mol. The van der Waals surface area contributed by atoms with Crippen LogP contribution in [0.25, 0.3) is 0 Å². The Kier molecular flexibility index (Phi) is 9.19. The molecule has 35 heavy (non-hydrogen) atoms. The first kappa shape index (κ1) is 28.5. The average Bonchev–Trinajstić information content (AvgIpc) is 3.13. The largest absolute Gasteiger partial charge is 0.380 e. The number of hydrogen-bond acceptors (Lipinski definition) is 3. The van der Waals surface area contributed by atoms with Gasteiger partial charge in [-0.1, -0.05) is 65.5 Å². The highest BCUT2D eigenvalue weighted by Crippen LogP contribution is 2.67. The standard InChI is InChI=1S/C29H49Cl2O3P/c1-20(2)7-6-8-21(3)25-11-12-26-24-10-9-22-19-23(33-17-18-34-35(30,31)32)13-15-28(22,4)27(24)14-16-29(25,26)5/h9,20-21,23-27H,6-8,10-19H2,1-5H3/t21-,23+,24?,25-,26?,27?,28+,29-/m1/s1. The maximum atomic E-state index is 11.3. The minimum Gasteiger partial charge on any atom is -0.375 e. The summed E-state index contributed by atoms with van der Waals surface area (Å²) in [6.45, 7) is 13.1. The Labute approximate surface area is 224 Å². The molecule has 6 heteroatoms. The fraction of sp³-hybridized carbons (Fsp3) is 0.931. The Hall–Kier alpha value is 0.470. The van der Waals surface area contributed by atoms with E-state index in [1.165, 1.54) is 57.8 Å². The van der Waals surface area contributed by atoms with E-state index < -0.39 is 6.07 Å². The molecule has 0 saturated heterocycles. The number of fused-ring (bicyclic) bond motifs is 5. The van der Waals surface area contributed by atoms with E-state index in [0.717, 1.165) is 48.3 Å². The molecule has 8 atom stereocenters. The van der Waals surface area contributed by atoms with Crippen LogP contribution in [0.1, 0.15) is 105 Å².